The van der Waals surface area contributed by atoms with Crippen LogP contribution in [0.4, 0.5) is 0 Å². The quantitative estimate of drug-likeness (QED) is 0.497. The van der Waals surface area contributed by atoms with E-state index in [0.717, 1.165) is 27.5 Å². The molecular weight excluding hydrogens is 356 g/mol. The Kier molecular flexibility index (Phi) is 5.16. The Bertz CT molecular complexity index is 1010. The molecule has 0 bridgehead atoms. The molecule has 0 aliphatic carbocycles. The van der Waals surface area contributed by atoms with Crippen LogP contribution in [0, 0.1) is 0 Å². The molecule has 1 amide bonds. The van der Waals surface area contributed by atoms with Crippen molar-refractivity contribution in [2.75, 3.05) is 0 Å². The molecule has 0 saturated heterocycles. The van der Waals surface area contributed by atoms with Gasteiger partial charge in [-0.25, -0.2) is 4.98 Å². The third kappa shape index (κ3) is 4.35. The summed E-state index contributed by atoms with van der Waals surface area (Å²) in [5.74, 6) is 0.667. The maximum atomic E-state index is 12.0. The van der Waals surface area contributed by atoms with E-state index in [9.17, 15) is 4.79 Å². The van der Waals surface area contributed by atoms with Crippen molar-refractivity contribution in [3.8, 4) is 0 Å². The van der Waals surface area contributed by atoms with Crippen LogP contribution in [-0.4, -0.2) is 20.9 Å². The second-order valence-electron chi connectivity index (χ2n) is 6.06. The number of H-pyrrole nitrogens is 1. The van der Waals surface area contributed by atoms with Crippen molar-refractivity contribution in [1.29, 1.82) is 0 Å². The SMILES string of the molecule is O=C(NCc1ccc(CSc2nc3ccccc3[nH]2)cc1)c1ccccn1. The number of carbonyl (C=O) groups is 1. The number of nitrogens with zero attached hydrogens (tertiary/aromatic N) is 2. The molecule has 4 rings (SSSR count). The molecule has 0 saturated carbocycles. The summed E-state index contributed by atoms with van der Waals surface area (Å²) in [7, 11) is 0. The number of hydrogen-bond donors (Lipinski definition) is 2. The number of rotatable bonds is 6. The topological polar surface area (TPSA) is 70.7 Å². The van der Waals surface area contributed by atoms with Gasteiger partial charge < -0.3 is 10.3 Å². The summed E-state index contributed by atoms with van der Waals surface area (Å²) in [5, 5.41) is 3.81. The van der Waals surface area contributed by atoms with E-state index in [2.05, 4.69) is 32.4 Å². The highest BCUT2D eigenvalue weighted by Gasteiger charge is 2.06. The average molecular weight is 374 g/mol. The highest BCUT2D eigenvalue weighted by atomic mass is 32.2. The molecule has 2 heterocycles. The largest absolute Gasteiger partial charge is 0.347 e. The summed E-state index contributed by atoms with van der Waals surface area (Å²) in [6.07, 6.45) is 1.61. The van der Waals surface area contributed by atoms with Gasteiger partial charge in [0.15, 0.2) is 5.16 Å². The number of hydrogen-bond acceptors (Lipinski definition) is 4. The maximum absolute atomic E-state index is 12.0. The van der Waals surface area contributed by atoms with E-state index in [1.807, 2.05) is 36.4 Å². The zero-order chi connectivity index (χ0) is 18.5. The summed E-state index contributed by atoms with van der Waals surface area (Å²) in [6.45, 7) is 0.479. The summed E-state index contributed by atoms with van der Waals surface area (Å²) < 4.78 is 0. The fourth-order valence-electron chi connectivity index (χ4n) is 2.67. The first kappa shape index (κ1) is 17.3. The van der Waals surface area contributed by atoms with E-state index in [1.165, 1.54) is 5.56 Å². The molecule has 27 heavy (non-hydrogen) atoms. The standard InChI is InChI=1S/C21H18N4OS/c26-20(19-7-3-4-12-22-19)23-13-15-8-10-16(11-9-15)14-27-21-24-17-5-1-2-6-18(17)25-21/h1-12H,13-14H2,(H,23,26)(H,24,25). The van der Waals surface area contributed by atoms with Crippen LogP contribution in [0.3, 0.4) is 0 Å². The Labute approximate surface area is 161 Å². The lowest BCUT2D eigenvalue weighted by molar-refractivity contribution is 0.0946. The van der Waals surface area contributed by atoms with Crippen LogP contribution in [-0.2, 0) is 12.3 Å². The molecule has 2 aromatic heterocycles. The Morgan fingerprint density at radius 2 is 1.74 bits per heavy atom. The van der Waals surface area contributed by atoms with Crippen molar-refractivity contribution in [1.82, 2.24) is 20.3 Å². The fourth-order valence-corrected chi connectivity index (χ4v) is 3.51. The monoisotopic (exact) mass is 374 g/mol. The molecule has 0 spiro atoms. The predicted molar refractivity (Wildman–Crippen MR) is 108 cm³/mol. The second-order valence-corrected chi connectivity index (χ2v) is 7.03. The number of aromatic amines is 1. The maximum Gasteiger partial charge on any atom is 0.270 e. The van der Waals surface area contributed by atoms with Crippen molar-refractivity contribution in [2.24, 2.45) is 0 Å². The summed E-state index contributed by atoms with van der Waals surface area (Å²) in [5.41, 5.74) is 4.73. The van der Waals surface area contributed by atoms with Gasteiger partial charge in [0.25, 0.3) is 5.91 Å². The van der Waals surface area contributed by atoms with Crippen molar-refractivity contribution in [3.63, 3.8) is 0 Å². The van der Waals surface area contributed by atoms with Gasteiger partial charge in [0.05, 0.1) is 11.0 Å². The molecule has 0 aliphatic rings. The summed E-state index contributed by atoms with van der Waals surface area (Å²) in [4.78, 5) is 24.0. The van der Waals surface area contributed by atoms with Gasteiger partial charge in [0.1, 0.15) is 5.69 Å². The van der Waals surface area contributed by atoms with Crippen LogP contribution in [0.5, 0.6) is 0 Å². The van der Waals surface area contributed by atoms with Gasteiger partial charge in [-0.1, -0.05) is 54.2 Å². The molecule has 0 fully saturated rings. The van der Waals surface area contributed by atoms with Crippen molar-refractivity contribution < 1.29 is 4.79 Å². The lowest BCUT2D eigenvalue weighted by atomic mass is 10.1. The highest BCUT2D eigenvalue weighted by Crippen LogP contribution is 2.23. The molecule has 6 heteroatoms. The van der Waals surface area contributed by atoms with E-state index in [0.29, 0.717) is 12.2 Å². The van der Waals surface area contributed by atoms with Gasteiger partial charge >= 0.3 is 0 Å². The first-order valence-electron chi connectivity index (χ1n) is 8.62. The Hall–Kier alpha value is -3.12. The van der Waals surface area contributed by atoms with Gasteiger partial charge in [0, 0.05) is 18.5 Å². The molecule has 0 atom stereocenters. The number of fused-ring (bicyclic) bond motifs is 1. The van der Waals surface area contributed by atoms with Crippen molar-refractivity contribution in [3.05, 3.63) is 89.7 Å². The van der Waals surface area contributed by atoms with Gasteiger partial charge in [-0.05, 0) is 35.4 Å². The van der Waals surface area contributed by atoms with E-state index in [-0.39, 0.29) is 5.91 Å². The molecule has 134 valence electrons. The molecule has 2 N–H and O–H groups in total. The summed E-state index contributed by atoms with van der Waals surface area (Å²) >= 11 is 1.68. The van der Waals surface area contributed by atoms with E-state index in [4.69, 9.17) is 0 Å². The number of imidazole rings is 1. The number of para-hydroxylation sites is 2. The van der Waals surface area contributed by atoms with E-state index in [1.54, 1.807) is 36.2 Å². The van der Waals surface area contributed by atoms with Crippen molar-refractivity contribution in [2.45, 2.75) is 17.5 Å². The predicted octanol–water partition coefficient (Wildman–Crippen LogP) is 4.18. The van der Waals surface area contributed by atoms with Crippen LogP contribution in [0.1, 0.15) is 21.6 Å². The smallest absolute Gasteiger partial charge is 0.270 e. The minimum absolute atomic E-state index is 0.167. The van der Waals surface area contributed by atoms with Crippen LogP contribution < -0.4 is 5.32 Å². The summed E-state index contributed by atoms with van der Waals surface area (Å²) in [6, 6.07) is 21.5. The van der Waals surface area contributed by atoms with E-state index >= 15 is 0 Å². The Morgan fingerprint density at radius 3 is 2.52 bits per heavy atom. The number of pyridine rings is 1. The minimum atomic E-state index is -0.167. The van der Waals surface area contributed by atoms with Gasteiger partial charge in [-0.3, -0.25) is 9.78 Å². The van der Waals surface area contributed by atoms with Crippen LogP contribution in [0.2, 0.25) is 0 Å². The Balaban J connectivity index is 1.31. The van der Waals surface area contributed by atoms with Gasteiger partial charge in [-0.15, -0.1) is 0 Å². The van der Waals surface area contributed by atoms with Crippen LogP contribution >= 0.6 is 11.8 Å². The lowest BCUT2D eigenvalue weighted by Gasteiger charge is -2.06. The van der Waals surface area contributed by atoms with Crippen molar-refractivity contribution >= 4 is 28.7 Å². The Morgan fingerprint density at radius 1 is 0.963 bits per heavy atom. The highest BCUT2D eigenvalue weighted by molar-refractivity contribution is 7.98. The first-order chi connectivity index (χ1) is 13.3. The third-order valence-corrected chi connectivity index (χ3v) is 5.06. The minimum Gasteiger partial charge on any atom is -0.347 e. The molecular formula is C21H18N4OS. The van der Waals surface area contributed by atoms with Crippen LogP contribution in [0.15, 0.2) is 78.1 Å². The molecule has 0 unspecified atom stereocenters. The zero-order valence-electron chi connectivity index (χ0n) is 14.6. The number of carbonyl (C=O) groups excluding carboxylic acids is 1. The second kappa shape index (κ2) is 8.05. The number of thioether (sulfide) groups is 1. The first-order valence-corrected chi connectivity index (χ1v) is 9.61. The van der Waals surface area contributed by atoms with Gasteiger partial charge in [-0.2, -0.15) is 0 Å². The number of nitrogens with one attached hydrogen (secondary N) is 2. The average Bonchev–Trinajstić information content (AvgIpc) is 3.15. The molecule has 4 aromatic rings. The number of aromatic nitrogens is 3. The number of benzene rings is 2. The normalized spacial score (nSPS) is 10.8. The molecule has 0 radical (unpaired) electrons. The molecule has 5 nitrogen and oxygen atoms in total. The van der Waals surface area contributed by atoms with Gasteiger partial charge in [0.2, 0.25) is 0 Å². The lowest BCUT2D eigenvalue weighted by Crippen LogP contribution is -2.23. The van der Waals surface area contributed by atoms with Crippen LogP contribution in [0.25, 0.3) is 11.0 Å². The molecule has 0 aliphatic heterocycles. The number of amides is 1. The third-order valence-electron chi connectivity index (χ3n) is 4.12. The fraction of sp³-hybridized carbons (Fsp3) is 0.0952. The molecule has 2 aromatic carbocycles. The van der Waals surface area contributed by atoms with E-state index < -0.39 is 0 Å². The zero-order valence-corrected chi connectivity index (χ0v) is 15.4.